The molecule has 0 spiro atoms. The number of hydrogen-bond acceptors (Lipinski definition) is 1. The van der Waals surface area contributed by atoms with E-state index in [4.69, 9.17) is 0 Å². The molecule has 2 rings (SSSR count). The van der Waals surface area contributed by atoms with Crippen LogP contribution in [0.1, 0.15) is 43.3 Å². The fourth-order valence-corrected chi connectivity index (χ4v) is 2.49. The molecule has 102 valence electrons. The van der Waals surface area contributed by atoms with Crippen molar-refractivity contribution in [3.8, 4) is 5.69 Å². The van der Waals surface area contributed by atoms with Crippen LogP contribution in [0.15, 0.2) is 36.4 Å². The van der Waals surface area contributed by atoms with E-state index in [1.165, 1.54) is 29.1 Å². The Morgan fingerprint density at radius 1 is 1.11 bits per heavy atom. The van der Waals surface area contributed by atoms with Crippen molar-refractivity contribution in [2.75, 3.05) is 6.54 Å². The third-order valence-corrected chi connectivity index (χ3v) is 3.60. The molecule has 1 unspecified atom stereocenters. The minimum Gasteiger partial charge on any atom is -0.319 e. The van der Waals surface area contributed by atoms with Gasteiger partial charge in [0.1, 0.15) is 0 Å². The highest BCUT2D eigenvalue weighted by Gasteiger charge is 2.08. The Hall–Kier alpha value is -1.54. The van der Waals surface area contributed by atoms with Gasteiger partial charge < -0.3 is 9.88 Å². The zero-order chi connectivity index (χ0) is 13.8. The van der Waals surface area contributed by atoms with Gasteiger partial charge >= 0.3 is 0 Å². The van der Waals surface area contributed by atoms with Gasteiger partial charge in [-0.3, -0.25) is 0 Å². The van der Waals surface area contributed by atoms with Gasteiger partial charge in [0, 0.05) is 23.1 Å². The fourth-order valence-electron chi connectivity index (χ4n) is 2.49. The SMILES string of the molecule is CCCNC(C)c1cccc(-n2c(C)ccc2C)c1. The largest absolute Gasteiger partial charge is 0.319 e. The van der Waals surface area contributed by atoms with Crippen molar-refractivity contribution in [1.29, 1.82) is 0 Å². The molecule has 0 aliphatic heterocycles. The van der Waals surface area contributed by atoms with Crippen molar-refractivity contribution in [3.05, 3.63) is 53.3 Å². The summed E-state index contributed by atoms with van der Waals surface area (Å²) in [6, 6.07) is 13.5. The predicted molar refractivity (Wildman–Crippen MR) is 82.0 cm³/mol. The molecule has 1 aromatic heterocycles. The Bertz CT molecular complexity index is 520. The highest BCUT2D eigenvalue weighted by Crippen LogP contribution is 2.20. The zero-order valence-corrected chi connectivity index (χ0v) is 12.4. The van der Waals surface area contributed by atoms with Gasteiger partial charge in [0.15, 0.2) is 0 Å². The maximum Gasteiger partial charge on any atom is 0.0458 e. The molecular formula is C17H24N2. The van der Waals surface area contributed by atoms with E-state index in [0.717, 1.165) is 6.54 Å². The molecule has 0 saturated carbocycles. The maximum atomic E-state index is 3.54. The molecule has 2 nitrogen and oxygen atoms in total. The van der Waals surface area contributed by atoms with E-state index in [1.54, 1.807) is 0 Å². The topological polar surface area (TPSA) is 17.0 Å². The fraction of sp³-hybridized carbons (Fsp3) is 0.412. The second kappa shape index (κ2) is 6.07. The van der Waals surface area contributed by atoms with E-state index in [0.29, 0.717) is 6.04 Å². The summed E-state index contributed by atoms with van der Waals surface area (Å²) in [4.78, 5) is 0. The van der Waals surface area contributed by atoms with E-state index in [1.807, 2.05) is 0 Å². The molecule has 1 N–H and O–H groups in total. The molecule has 2 heteroatoms. The molecule has 1 aromatic carbocycles. The molecule has 0 radical (unpaired) electrons. The monoisotopic (exact) mass is 256 g/mol. The van der Waals surface area contributed by atoms with Gasteiger partial charge in [-0.15, -0.1) is 0 Å². The van der Waals surface area contributed by atoms with E-state index in [9.17, 15) is 0 Å². The van der Waals surface area contributed by atoms with Crippen LogP contribution in [0.3, 0.4) is 0 Å². The molecule has 0 aliphatic rings. The third kappa shape index (κ3) is 3.07. The quantitative estimate of drug-likeness (QED) is 0.850. The van der Waals surface area contributed by atoms with E-state index < -0.39 is 0 Å². The van der Waals surface area contributed by atoms with Crippen molar-refractivity contribution in [2.45, 2.75) is 40.2 Å². The van der Waals surface area contributed by atoms with Gasteiger partial charge in [0.05, 0.1) is 0 Å². The lowest BCUT2D eigenvalue weighted by molar-refractivity contribution is 0.570. The summed E-state index contributed by atoms with van der Waals surface area (Å²) in [5, 5.41) is 3.54. The first-order valence-electron chi connectivity index (χ1n) is 7.12. The molecular weight excluding hydrogens is 232 g/mol. The van der Waals surface area contributed by atoms with Crippen LogP contribution in [0.4, 0.5) is 0 Å². The van der Waals surface area contributed by atoms with Gasteiger partial charge in [0.25, 0.3) is 0 Å². The summed E-state index contributed by atoms with van der Waals surface area (Å²) >= 11 is 0. The Kier molecular flexibility index (Phi) is 4.43. The lowest BCUT2D eigenvalue weighted by Gasteiger charge is -2.16. The number of hydrogen-bond donors (Lipinski definition) is 1. The third-order valence-electron chi connectivity index (χ3n) is 3.60. The Morgan fingerprint density at radius 3 is 2.42 bits per heavy atom. The smallest absolute Gasteiger partial charge is 0.0458 e. The predicted octanol–water partition coefficient (Wildman–Crippen LogP) is 4.15. The normalized spacial score (nSPS) is 12.6. The maximum absolute atomic E-state index is 3.54. The highest BCUT2D eigenvalue weighted by atomic mass is 15.0. The number of aryl methyl sites for hydroxylation is 2. The minimum absolute atomic E-state index is 0.399. The average Bonchev–Trinajstić information content (AvgIpc) is 2.75. The lowest BCUT2D eigenvalue weighted by atomic mass is 10.1. The molecule has 0 bridgehead atoms. The van der Waals surface area contributed by atoms with Crippen LogP contribution < -0.4 is 5.32 Å². The van der Waals surface area contributed by atoms with Crippen LogP contribution in [0.5, 0.6) is 0 Å². The van der Waals surface area contributed by atoms with Crippen LogP contribution in [0.25, 0.3) is 5.69 Å². The van der Waals surface area contributed by atoms with Crippen LogP contribution in [-0.4, -0.2) is 11.1 Å². The minimum atomic E-state index is 0.399. The van der Waals surface area contributed by atoms with Crippen LogP contribution in [0, 0.1) is 13.8 Å². The van der Waals surface area contributed by atoms with Crippen LogP contribution >= 0.6 is 0 Å². The van der Waals surface area contributed by atoms with Crippen LogP contribution in [0.2, 0.25) is 0 Å². The molecule has 19 heavy (non-hydrogen) atoms. The van der Waals surface area contributed by atoms with Gasteiger partial charge in [-0.25, -0.2) is 0 Å². The summed E-state index contributed by atoms with van der Waals surface area (Å²) in [7, 11) is 0. The van der Waals surface area contributed by atoms with E-state index >= 15 is 0 Å². The second-order valence-electron chi connectivity index (χ2n) is 5.22. The first-order chi connectivity index (χ1) is 9.13. The molecule has 1 atom stereocenters. The van der Waals surface area contributed by atoms with Crippen molar-refractivity contribution in [3.63, 3.8) is 0 Å². The molecule has 0 aliphatic carbocycles. The van der Waals surface area contributed by atoms with E-state index in [2.05, 4.69) is 74.0 Å². The summed E-state index contributed by atoms with van der Waals surface area (Å²) in [5.74, 6) is 0. The highest BCUT2D eigenvalue weighted by molar-refractivity contribution is 5.41. The standard InChI is InChI=1S/C17H24N2/c1-5-11-18-15(4)16-7-6-8-17(12-16)19-13(2)9-10-14(19)3/h6-10,12,15,18H,5,11H2,1-4H3. The van der Waals surface area contributed by atoms with Crippen molar-refractivity contribution < 1.29 is 0 Å². The van der Waals surface area contributed by atoms with E-state index in [-0.39, 0.29) is 0 Å². The van der Waals surface area contributed by atoms with Gasteiger partial charge in [-0.2, -0.15) is 0 Å². The van der Waals surface area contributed by atoms with Gasteiger partial charge in [0.2, 0.25) is 0 Å². The number of nitrogens with one attached hydrogen (secondary N) is 1. The average molecular weight is 256 g/mol. The molecule has 1 heterocycles. The molecule has 2 aromatic rings. The molecule has 0 amide bonds. The first-order valence-corrected chi connectivity index (χ1v) is 7.12. The van der Waals surface area contributed by atoms with Gasteiger partial charge in [-0.05, 0) is 63.6 Å². The van der Waals surface area contributed by atoms with Crippen molar-refractivity contribution in [2.24, 2.45) is 0 Å². The zero-order valence-electron chi connectivity index (χ0n) is 12.4. The van der Waals surface area contributed by atoms with Crippen molar-refractivity contribution >= 4 is 0 Å². The van der Waals surface area contributed by atoms with Crippen LogP contribution in [-0.2, 0) is 0 Å². The summed E-state index contributed by atoms with van der Waals surface area (Å²) in [6.07, 6.45) is 1.17. The van der Waals surface area contributed by atoms with Crippen molar-refractivity contribution in [1.82, 2.24) is 9.88 Å². The molecule has 0 fully saturated rings. The Balaban J connectivity index is 2.29. The number of aromatic nitrogens is 1. The lowest BCUT2D eigenvalue weighted by Crippen LogP contribution is -2.19. The Labute approximate surface area is 116 Å². The Morgan fingerprint density at radius 2 is 1.79 bits per heavy atom. The first kappa shape index (κ1) is 13.9. The second-order valence-corrected chi connectivity index (χ2v) is 5.22. The summed E-state index contributed by atoms with van der Waals surface area (Å²) in [5.41, 5.74) is 5.16. The molecule has 0 saturated heterocycles. The summed E-state index contributed by atoms with van der Waals surface area (Å²) in [6.45, 7) is 9.79. The number of benzene rings is 1. The summed E-state index contributed by atoms with van der Waals surface area (Å²) < 4.78 is 2.30. The number of nitrogens with zero attached hydrogens (tertiary/aromatic N) is 1. The number of rotatable bonds is 5. The van der Waals surface area contributed by atoms with Gasteiger partial charge in [-0.1, -0.05) is 19.1 Å².